The Balaban J connectivity index is 1.88. The van der Waals surface area contributed by atoms with Crippen molar-refractivity contribution in [3.8, 4) is 17.0 Å². The summed E-state index contributed by atoms with van der Waals surface area (Å²) in [6, 6.07) is 9.10. The van der Waals surface area contributed by atoms with E-state index < -0.39 is 0 Å². The van der Waals surface area contributed by atoms with Crippen molar-refractivity contribution in [1.82, 2.24) is 4.98 Å². The van der Waals surface area contributed by atoms with Gasteiger partial charge in [0, 0.05) is 17.8 Å². The fraction of sp³-hybridized carbons (Fsp3) is 0.577. The molecule has 0 aliphatic heterocycles. The van der Waals surface area contributed by atoms with Gasteiger partial charge < -0.3 is 4.74 Å². The molecular weight excluding hydrogens is 361 g/mol. The van der Waals surface area contributed by atoms with Crippen LogP contribution in [-0.4, -0.2) is 11.6 Å². The Bertz CT molecular complexity index is 711. The maximum absolute atomic E-state index is 14.6. The van der Waals surface area contributed by atoms with Crippen molar-refractivity contribution >= 4 is 0 Å². The molecule has 0 bridgehead atoms. The van der Waals surface area contributed by atoms with Gasteiger partial charge >= 0.3 is 0 Å². The SMILES string of the molecule is CCCCCCOc1ccc(-c2ccc(CC(C)CCCC(C)C)cn2)c(F)c1. The molecule has 29 heavy (non-hydrogen) atoms. The second-order valence-corrected chi connectivity index (χ2v) is 8.74. The van der Waals surface area contributed by atoms with E-state index in [1.165, 1.54) is 43.7 Å². The smallest absolute Gasteiger partial charge is 0.136 e. The van der Waals surface area contributed by atoms with Gasteiger partial charge in [-0.1, -0.05) is 72.3 Å². The Hall–Kier alpha value is -1.90. The summed E-state index contributed by atoms with van der Waals surface area (Å²) in [5.74, 6) is 1.73. The molecule has 3 heteroatoms. The second-order valence-electron chi connectivity index (χ2n) is 8.74. The standard InChI is InChI=1S/C26H38FNO/c1-5-6-7-8-16-29-23-13-14-24(25(27)18-23)26-15-12-22(19-28-26)17-21(4)11-9-10-20(2)3/h12-15,18-21H,5-11,16-17H2,1-4H3. The molecule has 0 saturated heterocycles. The maximum atomic E-state index is 14.6. The van der Waals surface area contributed by atoms with Gasteiger partial charge in [-0.2, -0.15) is 0 Å². The van der Waals surface area contributed by atoms with Crippen LogP contribution in [-0.2, 0) is 6.42 Å². The third-order valence-corrected chi connectivity index (χ3v) is 5.37. The first-order valence-corrected chi connectivity index (χ1v) is 11.4. The molecule has 2 rings (SSSR count). The number of hydrogen-bond acceptors (Lipinski definition) is 2. The first kappa shape index (κ1) is 23.4. The Labute approximate surface area is 176 Å². The highest BCUT2D eigenvalue weighted by Crippen LogP contribution is 2.26. The van der Waals surface area contributed by atoms with Crippen LogP contribution < -0.4 is 4.74 Å². The molecule has 0 saturated carbocycles. The zero-order valence-corrected chi connectivity index (χ0v) is 18.7. The first-order valence-electron chi connectivity index (χ1n) is 11.4. The van der Waals surface area contributed by atoms with E-state index in [1.807, 2.05) is 18.3 Å². The summed E-state index contributed by atoms with van der Waals surface area (Å²) in [5, 5.41) is 0. The highest BCUT2D eigenvalue weighted by atomic mass is 19.1. The second kappa shape index (κ2) is 12.6. The van der Waals surface area contributed by atoms with Crippen LogP contribution in [0, 0.1) is 17.7 Å². The van der Waals surface area contributed by atoms with Crippen molar-refractivity contribution < 1.29 is 9.13 Å². The summed E-state index contributed by atoms with van der Waals surface area (Å²) in [4.78, 5) is 4.52. The van der Waals surface area contributed by atoms with Gasteiger partial charge in [-0.05, 0) is 48.4 Å². The van der Waals surface area contributed by atoms with Gasteiger partial charge in [0.2, 0.25) is 0 Å². The lowest BCUT2D eigenvalue weighted by atomic mass is 9.94. The topological polar surface area (TPSA) is 22.1 Å². The minimum absolute atomic E-state index is 0.279. The minimum atomic E-state index is -0.279. The van der Waals surface area contributed by atoms with E-state index in [0.717, 1.165) is 25.2 Å². The molecule has 0 aliphatic carbocycles. The quantitative estimate of drug-likeness (QED) is 0.320. The van der Waals surface area contributed by atoms with Crippen LogP contribution >= 0.6 is 0 Å². The number of halogens is 1. The largest absolute Gasteiger partial charge is 0.493 e. The molecule has 0 aliphatic rings. The molecule has 2 nitrogen and oxygen atoms in total. The van der Waals surface area contributed by atoms with Gasteiger partial charge in [-0.15, -0.1) is 0 Å². The predicted molar refractivity (Wildman–Crippen MR) is 121 cm³/mol. The Morgan fingerprint density at radius 2 is 1.79 bits per heavy atom. The van der Waals surface area contributed by atoms with Gasteiger partial charge in [-0.25, -0.2) is 4.39 Å². The number of benzene rings is 1. The molecule has 0 N–H and O–H groups in total. The summed E-state index contributed by atoms with van der Waals surface area (Å²) in [6.07, 6.45) is 11.3. The molecule has 0 spiro atoms. The predicted octanol–water partition coefficient (Wildman–Crippen LogP) is 7.85. The zero-order chi connectivity index (χ0) is 21.1. The highest BCUT2D eigenvalue weighted by molar-refractivity contribution is 5.61. The molecule has 0 amide bonds. The Morgan fingerprint density at radius 1 is 0.966 bits per heavy atom. The first-order chi connectivity index (χ1) is 14.0. The van der Waals surface area contributed by atoms with E-state index >= 15 is 0 Å². The third kappa shape index (κ3) is 8.55. The summed E-state index contributed by atoms with van der Waals surface area (Å²) in [6.45, 7) is 9.68. The normalized spacial score (nSPS) is 12.3. The van der Waals surface area contributed by atoms with Crippen molar-refractivity contribution in [3.05, 3.63) is 47.9 Å². The van der Waals surface area contributed by atoms with Crippen molar-refractivity contribution in [2.24, 2.45) is 11.8 Å². The van der Waals surface area contributed by atoms with E-state index in [1.54, 1.807) is 6.07 Å². The maximum Gasteiger partial charge on any atom is 0.136 e. The number of unbranched alkanes of at least 4 members (excludes halogenated alkanes) is 3. The molecule has 0 radical (unpaired) electrons. The lowest BCUT2D eigenvalue weighted by Crippen LogP contribution is -2.02. The van der Waals surface area contributed by atoms with Gasteiger partial charge in [0.15, 0.2) is 0 Å². The highest BCUT2D eigenvalue weighted by Gasteiger charge is 2.10. The van der Waals surface area contributed by atoms with E-state index in [2.05, 4.69) is 38.7 Å². The number of aromatic nitrogens is 1. The number of ether oxygens (including phenoxy) is 1. The fourth-order valence-electron chi connectivity index (χ4n) is 3.60. The van der Waals surface area contributed by atoms with Gasteiger partial charge in [0.25, 0.3) is 0 Å². The summed E-state index contributed by atoms with van der Waals surface area (Å²) < 4.78 is 20.2. The zero-order valence-electron chi connectivity index (χ0n) is 18.7. The van der Waals surface area contributed by atoms with Gasteiger partial charge in [0.1, 0.15) is 11.6 Å². The van der Waals surface area contributed by atoms with Crippen LogP contribution in [0.1, 0.15) is 78.2 Å². The van der Waals surface area contributed by atoms with Crippen LogP contribution in [0.4, 0.5) is 4.39 Å². The Morgan fingerprint density at radius 3 is 2.45 bits per heavy atom. The minimum Gasteiger partial charge on any atom is -0.493 e. The third-order valence-electron chi connectivity index (χ3n) is 5.37. The molecular formula is C26H38FNO. The molecule has 1 unspecified atom stereocenters. The van der Waals surface area contributed by atoms with Crippen molar-refractivity contribution in [1.29, 1.82) is 0 Å². The average Bonchev–Trinajstić information content (AvgIpc) is 2.68. The van der Waals surface area contributed by atoms with Gasteiger partial charge in [-0.3, -0.25) is 4.98 Å². The van der Waals surface area contributed by atoms with Crippen LogP contribution in [0.25, 0.3) is 11.3 Å². The summed E-state index contributed by atoms with van der Waals surface area (Å²) in [7, 11) is 0. The van der Waals surface area contributed by atoms with Crippen LogP contribution in [0.2, 0.25) is 0 Å². The average molecular weight is 400 g/mol. The monoisotopic (exact) mass is 399 g/mol. The van der Waals surface area contributed by atoms with E-state index in [4.69, 9.17) is 4.74 Å². The summed E-state index contributed by atoms with van der Waals surface area (Å²) in [5.41, 5.74) is 2.42. The van der Waals surface area contributed by atoms with E-state index in [9.17, 15) is 4.39 Å². The van der Waals surface area contributed by atoms with Crippen molar-refractivity contribution in [3.63, 3.8) is 0 Å². The number of rotatable bonds is 13. The molecule has 1 heterocycles. The molecule has 0 fully saturated rings. The van der Waals surface area contributed by atoms with Crippen LogP contribution in [0.3, 0.4) is 0 Å². The Kier molecular flexibility index (Phi) is 10.2. The molecule has 160 valence electrons. The molecule has 1 aromatic heterocycles. The lowest BCUT2D eigenvalue weighted by Gasteiger charge is -2.13. The fourth-order valence-corrected chi connectivity index (χ4v) is 3.60. The molecule has 2 aromatic rings. The number of hydrogen-bond donors (Lipinski definition) is 0. The molecule has 1 aromatic carbocycles. The number of nitrogens with zero attached hydrogens (tertiary/aromatic N) is 1. The lowest BCUT2D eigenvalue weighted by molar-refractivity contribution is 0.303. The van der Waals surface area contributed by atoms with Crippen molar-refractivity contribution in [2.75, 3.05) is 6.61 Å². The molecule has 1 atom stereocenters. The van der Waals surface area contributed by atoms with E-state index in [-0.39, 0.29) is 5.82 Å². The van der Waals surface area contributed by atoms with E-state index in [0.29, 0.717) is 29.5 Å². The number of pyridine rings is 1. The van der Waals surface area contributed by atoms with Gasteiger partial charge in [0.05, 0.1) is 12.3 Å². The van der Waals surface area contributed by atoms with Crippen LogP contribution in [0.5, 0.6) is 5.75 Å². The van der Waals surface area contributed by atoms with Crippen LogP contribution in [0.15, 0.2) is 36.5 Å². The van der Waals surface area contributed by atoms with Crippen molar-refractivity contribution in [2.45, 2.75) is 79.1 Å². The summed E-state index contributed by atoms with van der Waals surface area (Å²) >= 11 is 0.